The summed E-state index contributed by atoms with van der Waals surface area (Å²) < 4.78 is 5.53. The lowest BCUT2D eigenvalue weighted by Crippen LogP contribution is -2.52. The van der Waals surface area contributed by atoms with Crippen molar-refractivity contribution in [3.63, 3.8) is 0 Å². The molecule has 19 heavy (non-hydrogen) atoms. The number of likely N-dealkylation sites (tertiary alicyclic amines) is 1. The molecular weight excluding hydrogens is 264 g/mol. The van der Waals surface area contributed by atoms with E-state index in [1.54, 1.807) is 0 Å². The number of amides is 1. The number of nitrogens with zero attached hydrogens (tertiary/aromatic N) is 1. The topological polar surface area (TPSA) is 55.6 Å². The molecule has 1 amide bonds. The van der Waals surface area contributed by atoms with Crippen LogP contribution < -0.4 is 5.73 Å². The molecule has 4 nitrogen and oxygen atoms in total. The van der Waals surface area contributed by atoms with Crippen molar-refractivity contribution in [1.29, 1.82) is 0 Å². The van der Waals surface area contributed by atoms with Crippen molar-refractivity contribution in [3.05, 3.63) is 0 Å². The summed E-state index contributed by atoms with van der Waals surface area (Å²) in [5, 5.41) is 0. The van der Waals surface area contributed by atoms with E-state index in [0.29, 0.717) is 6.04 Å². The third-order valence-corrected chi connectivity index (χ3v) is 4.17. The lowest BCUT2D eigenvalue weighted by Gasteiger charge is -2.43. The predicted octanol–water partition coefficient (Wildman–Crippen LogP) is 3.08. The van der Waals surface area contributed by atoms with Crippen molar-refractivity contribution in [3.8, 4) is 0 Å². The molecule has 2 N–H and O–H groups in total. The lowest BCUT2D eigenvalue weighted by molar-refractivity contribution is -0.000510. The van der Waals surface area contributed by atoms with Gasteiger partial charge in [-0.1, -0.05) is 0 Å². The Balaban J connectivity index is 0.00000180. The van der Waals surface area contributed by atoms with Gasteiger partial charge in [0.25, 0.3) is 0 Å². The molecule has 0 aromatic carbocycles. The predicted molar refractivity (Wildman–Crippen MR) is 78.6 cm³/mol. The van der Waals surface area contributed by atoms with Gasteiger partial charge in [-0.25, -0.2) is 4.79 Å². The first kappa shape index (κ1) is 16.6. The fraction of sp³-hybridized carbons (Fsp3) is 0.929. The largest absolute Gasteiger partial charge is 0.444 e. The van der Waals surface area contributed by atoms with Gasteiger partial charge in [0, 0.05) is 18.1 Å². The Morgan fingerprint density at radius 3 is 2.37 bits per heavy atom. The zero-order chi connectivity index (χ0) is 13.4. The minimum absolute atomic E-state index is 0. The van der Waals surface area contributed by atoms with E-state index in [0.717, 1.165) is 45.1 Å². The van der Waals surface area contributed by atoms with Crippen LogP contribution >= 0.6 is 12.4 Å². The van der Waals surface area contributed by atoms with Crippen LogP contribution in [0.5, 0.6) is 0 Å². The van der Waals surface area contributed by atoms with Gasteiger partial charge in [-0.05, 0) is 59.3 Å². The molecule has 0 bridgehead atoms. The molecule has 1 saturated heterocycles. The Morgan fingerprint density at radius 2 is 1.84 bits per heavy atom. The quantitative estimate of drug-likeness (QED) is 0.746. The Labute approximate surface area is 122 Å². The molecular formula is C14H27ClN2O2. The Bertz CT molecular complexity index is 320. The Morgan fingerprint density at radius 1 is 1.26 bits per heavy atom. The maximum atomic E-state index is 12.3. The van der Waals surface area contributed by atoms with E-state index in [2.05, 4.69) is 0 Å². The van der Waals surface area contributed by atoms with E-state index in [1.807, 2.05) is 25.7 Å². The van der Waals surface area contributed by atoms with Crippen LogP contribution in [0.1, 0.15) is 59.3 Å². The molecule has 1 aliphatic carbocycles. The van der Waals surface area contributed by atoms with Crippen LogP contribution in [0.2, 0.25) is 0 Å². The highest BCUT2D eigenvalue weighted by Crippen LogP contribution is 2.41. The number of carbonyl (C=O) groups is 1. The molecule has 112 valence electrons. The first-order chi connectivity index (χ1) is 8.32. The molecule has 5 heteroatoms. The van der Waals surface area contributed by atoms with Crippen LogP contribution in [0.4, 0.5) is 4.79 Å². The van der Waals surface area contributed by atoms with E-state index in [4.69, 9.17) is 10.5 Å². The lowest BCUT2D eigenvalue weighted by atomic mass is 9.78. The molecule has 1 saturated carbocycles. The van der Waals surface area contributed by atoms with E-state index in [9.17, 15) is 4.79 Å². The standard InChI is InChI=1S/C14H26N2O2.ClH/c1-13(2,3)18-12(17)16-10-4-7-14(16)8-5-11(15)6-9-14;/h11H,4-10,15H2,1-3H3;1H. The summed E-state index contributed by atoms with van der Waals surface area (Å²) in [6.45, 7) is 6.60. The number of hydrogen-bond acceptors (Lipinski definition) is 3. The molecule has 0 aromatic heterocycles. The van der Waals surface area contributed by atoms with Gasteiger partial charge in [0.2, 0.25) is 0 Å². The summed E-state index contributed by atoms with van der Waals surface area (Å²) in [5.74, 6) is 0. The second-order valence-corrected chi connectivity index (χ2v) is 6.80. The average Bonchev–Trinajstić information content (AvgIpc) is 2.64. The minimum atomic E-state index is -0.411. The third kappa shape index (κ3) is 3.76. The Hall–Kier alpha value is -0.480. The van der Waals surface area contributed by atoms with Crippen LogP contribution in [-0.2, 0) is 4.74 Å². The van der Waals surface area contributed by atoms with Gasteiger partial charge < -0.3 is 15.4 Å². The van der Waals surface area contributed by atoms with E-state index < -0.39 is 5.60 Å². The zero-order valence-corrected chi connectivity index (χ0v) is 13.1. The summed E-state index contributed by atoms with van der Waals surface area (Å²) in [6, 6.07) is 0.316. The van der Waals surface area contributed by atoms with Gasteiger partial charge >= 0.3 is 6.09 Å². The van der Waals surface area contributed by atoms with Gasteiger partial charge in [-0.2, -0.15) is 0 Å². The number of hydrogen-bond donors (Lipinski definition) is 1. The first-order valence-corrected chi connectivity index (χ1v) is 7.09. The first-order valence-electron chi connectivity index (χ1n) is 7.09. The van der Waals surface area contributed by atoms with Gasteiger partial charge in [-0.3, -0.25) is 0 Å². The van der Waals surface area contributed by atoms with Gasteiger partial charge in [0.05, 0.1) is 0 Å². The monoisotopic (exact) mass is 290 g/mol. The number of ether oxygens (including phenoxy) is 1. The summed E-state index contributed by atoms with van der Waals surface area (Å²) in [6.07, 6.45) is 6.18. The van der Waals surface area contributed by atoms with Crippen molar-refractivity contribution in [2.24, 2.45) is 5.73 Å². The minimum Gasteiger partial charge on any atom is -0.444 e. The van der Waals surface area contributed by atoms with E-state index in [-0.39, 0.29) is 24.0 Å². The van der Waals surface area contributed by atoms with Crippen molar-refractivity contribution in [2.75, 3.05) is 6.54 Å². The molecule has 0 aromatic rings. The van der Waals surface area contributed by atoms with Gasteiger partial charge in [-0.15, -0.1) is 12.4 Å². The SMILES string of the molecule is CC(C)(C)OC(=O)N1CCCC12CCC(N)CC2.Cl. The molecule has 2 aliphatic rings. The van der Waals surface area contributed by atoms with Crippen molar-refractivity contribution in [1.82, 2.24) is 4.90 Å². The average molecular weight is 291 g/mol. The smallest absolute Gasteiger partial charge is 0.410 e. The highest BCUT2D eigenvalue weighted by molar-refractivity contribution is 5.85. The Kier molecular flexibility index (Phi) is 5.13. The highest BCUT2D eigenvalue weighted by atomic mass is 35.5. The van der Waals surface area contributed by atoms with Crippen LogP contribution in [-0.4, -0.2) is 34.7 Å². The maximum Gasteiger partial charge on any atom is 0.410 e. The van der Waals surface area contributed by atoms with E-state index >= 15 is 0 Å². The molecule has 2 rings (SSSR count). The maximum absolute atomic E-state index is 12.3. The highest BCUT2D eigenvalue weighted by Gasteiger charge is 2.46. The summed E-state index contributed by atoms with van der Waals surface area (Å²) in [5.41, 5.74) is 5.60. The fourth-order valence-electron chi connectivity index (χ4n) is 3.24. The summed E-state index contributed by atoms with van der Waals surface area (Å²) >= 11 is 0. The van der Waals surface area contributed by atoms with Crippen molar-refractivity contribution < 1.29 is 9.53 Å². The van der Waals surface area contributed by atoms with Gasteiger partial charge in [0.15, 0.2) is 0 Å². The van der Waals surface area contributed by atoms with Crippen molar-refractivity contribution in [2.45, 2.75) is 76.5 Å². The third-order valence-electron chi connectivity index (χ3n) is 4.17. The molecule has 0 atom stereocenters. The molecule has 1 heterocycles. The van der Waals surface area contributed by atoms with Gasteiger partial charge in [0.1, 0.15) is 5.60 Å². The van der Waals surface area contributed by atoms with Crippen molar-refractivity contribution >= 4 is 18.5 Å². The summed E-state index contributed by atoms with van der Waals surface area (Å²) in [4.78, 5) is 14.3. The second kappa shape index (κ2) is 5.88. The normalized spacial score (nSPS) is 31.2. The molecule has 0 unspecified atom stereocenters. The van der Waals surface area contributed by atoms with E-state index in [1.165, 1.54) is 0 Å². The number of carbonyl (C=O) groups excluding carboxylic acids is 1. The molecule has 0 radical (unpaired) electrons. The fourth-order valence-corrected chi connectivity index (χ4v) is 3.24. The summed E-state index contributed by atoms with van der Waals surface area (Å²) in [7, 11) is 0. The second-order valence-electron chi connectivity index (χ2n) is 6.80. The zero-order valence-electron chi connectivity index (χ0n) is 12.3. The number of rotatable bonds is 0. The van der Waals surface area contributed by atoms with Crippen LogP contribution in [0.3, 0.4) is 0 Å². The molecule has 1 aliphatic heterocycles. The van der Waals surface area contributed by atoms with Crippen LogP contribution in [0.25, 0.3) is 0 Å². The van der Waals surface area contributed by atoms with Crippen LogP contribution in [0.15, 0.2) is 0 Å². The van der Waals surface area contributed by atoms with Crippen LogP contribution in [0, 0.1) is 0 Å². The molecule has 1 spiro atoms. The number of nitrogens with two attached hydrogens (primary N) is 1. The molecule has 2 fully saturated rings. The number of halogens is 1.